The first-order valence-corrected chi connectivity index (χ1v) is 5.85. The highest BCUT2D eigenvalue weighted by molar-refractivity contribution is 6.63. The summed E-state index contributed by atoms with van der Waals surface area (Å²) >= 11 is 5.22. The molecule has 3 aliphatic rings. The molecule has 17 heavy (non-hydrogen) atoms. The van der Waals surface area contributed by atoms with Crippen LogP contribution in [0.15, 0.2) is 12.2 Å². The van der Waals surface area contributed by atoms with Crippen molar-refractivity contribution in [2.24, 2.45) is 11.8 Å². The van der Waals surface area contributed by atoms with E-state index in [0.29, 0.717) is 0 Å². The van der Waals surface area contributed by atoms with Gasteiger partial charge in [0.15, 0.2) is 0 Å². The third kappa shape index (κ3) is 1.46. The Kier molecular flexibility index (Phi) is 2.34. The van der Waals surface area contributed by atoms with Gasteiger partial charge < -0.3 is 4.74 Å². The van der Waals surface area contributed by atoms with Gasteiger partial charge in [-0.05, 0) is 11.6 Å². The minimum atomic E-state index is -0.542. The normalized spacial score (nSPS) is 38.1. The highest BCUT2D eigenvalue weighted by Gasteiger charge is 2.60. The number of carbonyl (C=O) groups excluding carboxylic acids is 3. The summed E-state index contributed by atoms with van der Waals surface area (Å²) in [6.07, 6.45) is 3.10. The second kappa shape index (κ2) is 3.65. The number of amides is 2. The number of hydrogen-bond donors (Lipinski definition) is 0. The van der Waals surface area contributed by atoms with Gasteiger partial charge in [0.1, 0.15) is 0 Å². The quantitative estimate of drug-likeness (QED) is 0.407. The summed E-state index contributed by atoms with van der Waals surface area (Å²) in [6, 6.07) is 0. The zero-order chi connectivity index (χ0) is 12.2. The van der Waals surface area contributed by atoms with Crippen LogP contribution in [0.2, 0.25) is 0 Å². The van der Waals surface area contributed by atoms with E-state index in [9.17, 15) is 14.4 Å². The van der Waals surface area contributed by atoms with E-state index in [1.54, 1.807) is 0 Å². The van der Waals surface area contributed by atoms with Gasteiger partial charge in [-0.3, -0.25) is 19.3 Å². The smallest absolute Gasteiger partial charge is 0.236 e. The van der Waals surface area contributed by atoms with Crippen LogP contribution in [0.4, 0.5) is 0 Å². The number of fused-ring (bicyclic) bond motifs is 5. The average molecular weight is 256 g/mol. The maximum Gasteiger partial charge on any atom is 0.236 e. The number of ether oxygens (including phenoxy) is 1. The number of likely N-dealkylation sites (tertiary alicyclic amines) is 1. The minimum absolute atomic E-state index is 0.00208. The first-order chi connectivity index (χ1) is 8.09. The molecule has 3 unspecified atom stereocenters. The summed E-state index contributed by atoms with van der Waals surface area (Å²) in [5, 5.41) is -0.542. The third-order valence-corrected chi connectivity index (χ3v) is 3.72. The van der Waals surface area contributed by atoms with Crippen molar-refractivity contribution in [3.05, 3.63) is 12.2 Å². The van der Waals surface area contributed by atoms with Crippen molar-refractivity contribution in [2.75, 3.05) is 6.54 Å². The molecule has 0 aromatic heterocycles. The van der Waals surface area contributed by atoms with Crippen molar-refractivity contribution in [1.29, 1.82) is 0 Å². The summed E-state index contributed by atoms with van der Waals surface area (Å²) in [5.41, 5.74) is 0. The van der Waals surface area contributed by atoms with Crippen LogP contribution in [-0.2, 0) is 19.1 Å². The maximum atomic E-state index is 12.0. The Bertz CT molecular complexity index is 417. The zero-order valence-electron chi connectivity index (χ0n) is 8.84. The number of nitrogens with zero attached hydrogens (tertiary/aromatic N) is 1. The molecule has 0 spiro atoms. The molecule has 2 bridgehead atoms. The summed E-state index contributed by atoms with van der Waals surface area (Å²) in [6.45, 7) is 0.0758. The van der Waals surface area contributed by atoms with Gasteiger partial charge in [0.25, 0.3) is 0 Å². The Morgan fingerprint density at radius 2 is 1.76 bits per heavy atom. The molecular formula is C11H10ClNO4. The Labute approximate surface area is 102 Å². The fraction of sp³-hybridized carbons (Fsp3) is 0.545. The lowest BCUT2D eigenvalue weighted by Crippen LogP contribution is -2.35. The Morgan fingerprint density at radius 1 is 1.24 bits per heavy atom. The second-order valence-electron chi connectivity index (χ2n) is 4.44. The van der Waals surface area contributed by atoms with Crippen LogP contribution in [0, 0.1) is 11.8 Å². The molecule has 0 aliphatic carbocycles. The number of imide groups is 1. The van der Waals surface area contributed by atoms with Crippen molar-refractivity contribution in [3.63, 3.8) is 0 Å². The summed E-state index contributed by atoms with van der Waals surface area (Å²) < 4.78 is 5.48. The minimum Gasteiger partial charge on any atom is -0.365 e. The van der Waals surface area contributed by atoms with Crippen molar-refractivity contribution < 1.29 is 19.1 Å². The Balaban J connectivity index is 1.80. The monoisotopic (exact) mass is 255 g/mol. The molecule has 0 saturated carbocycles. The molecule has 2 fully saturated rings. The van der Waals surface area contributed by atoms with Gasteiger partial charge >= 0.3 is 0 Å². The number of carbonyl (C=O) groups is 3. The van der Waals surface area contributed by atoms with E-state index >= 15 is 0 Å². The fourth-order valence-corrected chi connectivity index (χ4v) is 2.87. The van der Waals surface area contributed by atoms with E-state index < -0.39 is 17.1 Å². The summed E-state index contributed by atoms with van der Waals surface area (Å²) in [4.78, 5) is 35.9. The second-order valence-corrected chi connectivity index (χ2v) is 4.86. The first-order valence-electron chi connectivity index (χ1n) is 5.47. The molecular weight excluding hydrogens is 246 g/mol. The van der Waals surface area contributed by atoms with Crippen LogP contribution < -0.4 is 0 Å². The van der Waals surface area contributed by atoms with Crippen molar-refractivity contribution in [2.45, 2.75) is 18.6 Å². The molecule has 0 aromatic rings. The standard InChI is InChI=1S/C11H10ClNO4/c12-7(14)3-4-13-10(15)8-5-1-2-6(17-5)9(8)11(13)16/h1-2,5-6,8-9H,3-4H2/t5?,6?,8-,9?/m1/s1. The van der Waals surface area contributed by atoms with E-state index in [2.05, 4.69) is 0 Å². The fourth-order valence-electron chi connectivity index (χ4n) is 2.79. The van der Waals surface area contributed by atoms with E-state index in [1.807, 2.05) is 12.2 Å². The van der Waals surface area contributed by atoms with Crippen molar-refractivity contribution >= 4 is 28.7 Å². The van der Waals surface area contributed by atoms with Gasteiger partial charge in [-0.15, -0.1) is 0 Å². The first kappa shape index (κ1) is 10.9. The van der Waals surface area contributed by atoms with Crippen LogP contribution >= 0.6 is 11.6 Å². The molecule has 2 amide bonds. The topological polar surface area (TPSA) is 63.7 Å². The largest absolute Gasteiger partial charge is 0.365 e. The van der Waals surface area contributed by atoms with Gasteiger partial charge in [-0.25, -0.2) is 0 Å². The van der Waals surface area contributed by atoms with E-state index in [-0.39, 0.29) is 37.0 Å². The molecule has 6 heteroatoms. The SMILES string of the molecule is O=C(Cl)CCN1C(=O)C2C3C=CC(O3)[C@H]2C1=O. The molecule has 90 valence electrons. The molecule has 3 heterocycles. The lowest BCUT2D eigenvalue weighted by molar-refractivity contribution is -0.142. The molecule has 5 nitrogen and oxygen atoms in total. The van der Waals surface area contributed by atoms with E-state index in [0.717, 1.165) is 4.90 Å². The lowest BCUT2D eigenvalue weighted by Gasteiger charge is -2.16. The van der Waals surface area contributed by atoms with Gasteiger partial charge in [0.05, 0.1) is 24.0 Å². The molecule has 2 saturated heterocycles. The van der Waals surface area contributed by atoms with Crippen LogP contribution in [-0.4, -0.2) is 40.7 Å². The van der Waals surface area contributed by atoms with Crippen LogP contribution in [0.3, 0.4) is 0 Å². The predicted molar refractivity (Wildman–Crippen MR) is 57.0 cm³/mol. The molecule has 0 aromatic carbocycles. The summed E-state index contributed by atoms with van der Waals surface area (Å²) in [7, 11) is 0. The molecule has 0 radical (unpaired) electrons. The lowest BCUT2D eigenvalue weighted by atomic mass is 9.85. The summed E-state index contributed by atoms with van der Waals surface area (Å²) in [5.74, 6) is -1.28. The Morgan fingerprint density at radius 3 is 2.24 bits per heavy atom. The molecule has 3 rings (SSSR count). The van der Waals surface area contributed by atoms with Crippen molar-refractivity contribution in [1.82, 2.24) is 4.90 Å². The van der Waals surface area contributed by atoms with E-state index in [4.69, 9.17) is 16.3 Å². The van der Waals surface area contributed by atoms with Gasteiger partial charge in [0.2, 0.25) is 17.1 Å². The van der Waals surface area contributed by atoms with Gasteiger partial charge in [0, 0.05) is 13.0 Å². The van der Waals surface area contributed by atoms with Crippen LogP contribution in [0.25, 0.3) is 0 Å². The van der Waals surface area contributed by atoms with Crippen LogP contribution in [0.5, 0.6) is 0 Å². The number of hydrogen-bond acceptors (Lipinski definition) is 4. The molecule has 3 aliphatic heterocycles. The highest BCUT2D eigenvalue weighted by atomic mass is 35.5. The van der Waals surface area contributed by atoms with Crippen LogP contribution in [0.1, 0.15) is 6.42 Å². The zero-order valence-corrected chi connectivity index (χ0v) is 9.59. The van der Waals surface area contributed by atoms with Gasteiger partial charge in [-0.1, -0.05) is 12.2 Å². The molecule has 0 N–H and O–H groups in total. The number of halogens is 1. The van der Waals surface area contributed by atoms with E-state index in [1.165, 1.54) is 0 Å². The Hall–Kier alpha value is -1.20. The van der Waals surface area contributed by atoms with Crippen molar-refractivity contribution in [3.8, 4) is 0 Å². The number of rotatable bonds is 3. The molecule has 4 atom stereocenters. The van der Waals surface area contributed by atoms with Gasteiger partial charge in [-0.2, -0.15) is 0 Å². The average Bonchev–Trinajstić information content (AvgIpc) is 2.92. The maximum absolute atomic E-state index is 12.0. The predicted octanol–water partition coefficient (Wildman–Crippen LogP) is 0.0803. The third-order valence-electron chi connectivity index (χ3n) is 3.53. The highest BCUT2D eigenvalue weighted by Crippen LogP contribution is 2.44.